The van der Waals surface area contributed by atoms with Crippen LogP contribution < -0.4 is 11.4 Å². The molecule has 0 fully saturated rings. The molecule has 31 heavy (non-hydrogen) atoms. The molecule has 0 aliphatic carbocycles. The first-order valence-corrected chi connectivity index (χ1v) is 8.93. The number of imidazole rings is 1. The number of aromatic nitrogens is 6. The van der Waals surface area contributed by atoms with E-state index in [-0.39, 0.29) is 11.6 Å². The van der Waals surface area contributed by atoms with Crippen molar-refractivity contribution in [3.63, 3.8) is 0 Å². The zero-order valence-corrected chi connectivity index (χ0v) is 17.2. The van der Waals surface area contributed by atoms with Gasteiger partial charge in [0.15, 0.2) is 6.33 Å². The van der Waals surface area contributed by atoms with Gasteiger partial charge in [0.2, 0.25) is 11.8 Å². The van der Waals surface area contributed by atoms with Crippen LogP contribution in [0.2, 0.25) is 0 Å². The minimum Gasteiger partial charge on any atom is -0.381 e. The van der Waals surface area contributed by atoms with Gasteiger partial charge in [-0.3, -0.25) is 4.57 Å². The maximum atomic E-state index is 12.5. The molecule has 3 aromatic heterocycles. The number of aryl methyl sites for hydroxylation is 2. The van der Waals surface area contributed by atoms with Gasteiger partial charge in [0.05, 0.1) is 11.0 Å². The fraction of sp³-hybridized carbons (Fsp3) is 0.190. The molecule has 10 heteroatoms. The third-order valence-corrected chi connectivity index (χ3v) is 3.84. The zero-order chi connectivity index (χ0) is 23.0. The monoisotopic (exact) mass is 419 g/mol. The summed E-state index contributed by atoms with van der Waals surface area (Å²) in [5.41, 5.74) is 7.48. The maximum Gasteiger partial charge on any atom is 0.334 e. The van der Waals surface area contributed by atoms with Crippen LogP contribution >= 0.6 is 0 Å². The molecule has 10 nitrogen and oxygen atoms in total. The summed E-state index contributed by atoms with van der Waals surface area (Å²) in [6, 6.07) is 7.01. The Morgan fingerprint density at radius 2 is 1.97 bits per heavy atom. The van der Waals surface area contributed by atoms with Crippen molar-refractivity contribution < 1.29 is 9.63 Å². The maximum absolute atomic E-state index is 12.5. The van der Waals surface area contributed by atoms with E-state index in [1.54, 1.807) is 39.1 Å². The number of anilines is 1. The second-order valence-electron chi connectivity index (χ2n) is 6.06. The molecule has 0 radical (unpaired) electrons. The zero-order valence-electron chi connectivity index (χ0n) is 17.2. The molecule has 4 rings (SSSR count). The van der Waals surface area contributed by atoms with Crippen LogP contribution in [0.1, 0.15) is 18.4 Å². The minimum atomic E-state index is -0.717. The lowest BCUT2D eigenvalue weighted by atomic mass is 10.2. The third-order valence-electron chi connectivity index (χ3n) is 3.84. The summed E-state index contributed by atoms with van der Waals surface area (Å²) in [4.78, 5) is 24.1. The molecule has 0 spiro atoms. The second kappa shape index (κ2) is 10.4. The van der Waals surface area contributed by atoms with Gasteiger partial charge in [0.25, 0.3) is 0 Å². The molecule has 1 aromatic carbocycles. The summed E-state index contributed by atoms with van der Waals surface area (Å²) in [7, 11) is 1.69. The van der Waals surface area contributed by atoms with Crippen LogP contribution in [0.25, 0.3) is 16.9 Å². The number of nitrogen functional groups attached to an aromatic ring is 1. The number of hydrogen-bond acceptors (Lipinski definition) is 8. The van der Waals surface area contributed by atoms with Crippen LogP contribution in [0.4, 0.5) is 5.95 Å². The first kappa shape index (κ1) is 22.9. The van der Waals surface area contributed by atoms with E-state index in [0.717, 1.165) is 5.52 Å². The van der Waals surface area contributed by atoms with Gasteiger partial charge in [-0.2, -0.15) is 9.97 Å². The number of hydrogen-bond donors (Lipinski definition) is 2. The Morgan fingerprint density at radius 3 is 2.52 bits per heavy atom. The highest BCUT2D eigenvalue weighted by atomic mass is 16.5. The van der Waals surface area contributed by atoms with Crippen LogP contribution in [0.5, 0.6) is 0 Å². The highest BCUT2D eigenvalue weighted by Gasteiger charge is 2.14. The van der Waals surface area contributed by atoms with Gasteiger partial charge < -0.3 is 15.4 Å². The Kier molecular flexibility index (Phi) is 7.67. The Bertz CT molecular complexity index is 1290. The van der Waals surface area contributed by atoms with Crippen molar-refractivity contribution in [2.45, 2.75) is 20.0 Å². The lowest BCUT2D eigenvalue weighted by molar-refractivity contribution is 0.253. The predicted molar refractivity (Wildman–Crippen MR) is 116 cm³/mol. The summed E-state index contributed by atoms with van der Waals surface area (Å²) in [6.07, 6.45) is 10.2. The summed E-state index contributed by atoms with van der Waals surface area (Å²) >= 11 is 0. The Labute approximate surface area is 178 Å². The van der Waals surface area contributed by atoms with E-state index in [1.165, 1.54) is 21.7 Å². The number of fused-ring (bicyclic) bond motifs is 1. The van der Waals surface area contributed by atoms with E-state index >= 15 is 0 Å². The Morgan fingerprint density at radius 1 is 1.23 bits per heavy atom. The Hall–Kier alpha value is -4.41. The van der Waals surface area contributed by atoms with Gasteiger partial charge in [0, 0.05) is 31.8 Å². The van der Waals surface area contributed by atoms with Gasteiger partial charge in [-0.25, -0.2) is 14.3 Å². The fourth-order valence-electron chi connectivity index (χ4n) is 2.55. The summed E-state index contributed by atoms with van der Waals surface area (Å²) in [5, 5.41) is 12.6. The average Bonchev–Trinajstić information content (AvgIpc) is 3.33. The molecule has 1 atom stereocenters. The molecular formula is C21H21N7O3. The van der Waals surface area contributed by atoms with Crippen molar-refractivity contribution in [2.24, 2.45) is 7.05 Å². The summed E-state index contributed by atoms with van der Waals surface area (Å²) in [5.74, 6) is 6.65. The molecule has 0 unspecified atom stereocenters. The van der Waals surface area contributed by atoms with Crippen LogP contribution in [0.15, 0.2) is 46.1 Å². The van der Waals surface area contributed by atoms with Crippen molar-refractivity contribution in [3.05, 3.63) is 58.7 Å². The van der Waals surface area contributed by atoms with Crippen LogP contribution in [-0.4, -0.2) is 40.5 Å². The fourth-order valence-corrected chi connectivity index (χ4v) is 2.55. The lowest BCUT2D eigenvalue weighted by Gasteiger charge is -2.02. The number of rotatable bonds is 1. The van der Waals surface area contributed by atoms with Gasteiger partial charge >= 0.3 is 5.69 Å². The van der Waals surface area contributed by atoms with Gasteiger partial charge in [-0.1, -0.05) is 17.0 Å². The van der Waals surface area contributed by atoms with Gasteiger partial charge in [-0.05, 0) is 25.1 Å². The van der Waals surface area contributed by atoms with E-state index < -0.39 is 6.10 Å². The molecule has 3 heterocycles. The van der Waals surface area contributed by atoms with E-state index in [4.69, 9.17) is 5.73 Å². The van der Waals surface area contributed by atoms with Crippen LogP contribution in [0.3, 0.4) is 0 Å². The number of nitrogens with two attached hydrogens (primary N) is 1. The first-order valence-electron chi connectivity index (χ1n) is 8.93. The van der Waals surface area contributed by atoms with Crippen molar-refractivity contribution >= 4 is 17.0 Å². The number of nitrogens with zero attached hydrogens (tertiary/aromatic N) is 6. The van der Waals surface area contributed by atoms with E-state index in [0.29, 0.717) is 22.8 Å². The number of benzene rings is 1. The molecule has 0 saturated carbocycles. The molecule has 0 bridgehead atoms. The molecule has 0 saturated heterocycles. The standard InChI is InChI=1S/C16H15N5O2.C3H4N2O.C2H2/c1-10(22)3-4-11-5-6-12-13(9-11)21(16(23)20(12)2)14-7-8-18-15(17)19-14;1-3-4-2-5-6-3;1-2/h5-10,22H,1-2H3,(H2,17,18,19);2H,1H3;1-2H/t10-;;/m1../s1. The predicted octanol–water partition coefficient (Wildman–Crippen LogP) is 1.06. The molecule has 0 aliphatic heterocycles. The highest BCUT2D eigenvalue weighted by Crippen LogP contribution is 2.17. The van der Waals surface area contributed by atoms with Gasteiger partial charge in [-0.15, -0.1) is 12.8 Å². The minimum absolute atomic E-state index is 0.0939. The van der Waals surface area contributed by atoms with Crippen molar-refractivity contribution in [1.82, 2.24) is 29.2 Å². The molecule has 0 aliphatic rings. The molecule has 158 valence electrons. The Balaban J connectivity index is 0.000000363. The number of aliphatic hydroxyl groups excluding tert-OH is 1. The third kappa shape index (κ3) is 5.56. The number of terminal acetylenes is 1. The molecule has 4 aromatic rings. The normalized spacial score (nSPS) is 10.6. The smallest absolute Gasteiger partial charge is 0.334 e. The van der Waals surface area contributed by atoms with Crippen LogP contribution in [-0.2, 0) is 7.05 Å². The lowest BCUT2D eigenvalue weighted by Crippen LogP contribution is -2.21. The van der Waals surface area contributed by atoms with Crippen molar-refractivity contribution in [2.75, 3.05) is 5.73 Å². The van der Waals surface area contributed by atoms with Crippen molar-refractivity contribution in [1.29, 1.82) is 0 Å². The van der Waals surface area contributed by atoms with Crippen molar-refractivity contribution in [3.8, 4) is 30.5 Å². The van der Waals surface area contributed by atoms with E-state index in [1.807, 2.05) is 6.07 Å². The van der Waals surface area contributed by atoms with Gasteiger partial charge in [0.1, 0.15) is 11.9 Å². The number of aliphatic hydroxyl groups is 1. The average molecular weight is 419 g/mol. The first-order chi connectivity index (χ1) is 14.9. The summed E-state index contributed by atoms with van der Waals surface area (Å²) < 4.78 is 7.46. The topological polar surface area (TPSA) is 138 Å². The highest BCUT2D eigenvalue weighted by molar-refractivity contribution is 5.79. The van der Waals surface area contributed by atoms with E-state index in [9.17, 15) is 9.90 Å². The molecular weight excluding hydrogens is 398 g/mol. The molecule has 0 amide bonds. The van der Waals surface area contributed by atoms with E-state index in [2.05, 4.69) is 49.3 Å². The summed E-state index contributed by atoms with van der Waals surface area (Å²) in [6.45, 7) is 3.33. The van der Waals surface area contributed by atoms with Crippen LogP contribution in [0, 0.1) is 31.6 Å². The quantitative estimate of drug-likeness (QED) is 0.437. The SMILES string of the molecule is C#C.C[C@@H](O)C#Cc1ccc2c(c1)n(-c1ccnc(N)n1)c(=O)n2C.Cc1ncno1. The second-order valence-corrected chi connectivity index (χ2v) is 6.06. The largest absolute Gasteiger partial charge is 0.381 e. The molecule has 3 N–H and O–H groups in total.